The summed E-state index contributed by atoms with van der Waals surface area (Å²) in [6, 6.07) is 14.6. The first-order valence-corrected chi connectivity index (χ1v) is 8.63. The number of aryl methyl sites for hydroxylation is 1. The Morgan fingerprint density at radius 3 is 2.62 bits per heavy atom. The van der Waals surface area contributed by atoms with Crippen molar-refractivity contribution in [3.8, 4) is 0 Å². The summed E-state index contributed by atoms with van der Waals surface area (Å²) in [7, 11) is 1.99. The molecule has 0 spiro atoms. The van der Waals surface area contributed by atoms with Crippen molar-refractivity contribution in [3.63, 3.8) is 0 Å². The van der Waals surface area contributed by atoms with E-state index in [1.807, 2.05) is 31.3 Å². The van der Waals surface area contributed by atoms with Gasteiger partial charge in [-0.15, -0.1) is 11.8 Å². The first-order valence-electron chi connectivity index (χ1n) is 6.89. The molecule has 0 amide bonds. The van der Waals surface area contributed by atoms with Crippen LogP contribution in [0.1, 0.15) is 11.1 Å². The second-order valence-electron chi connectivity index (χ2n) is 5.05. The van der Waals surface area contributed by atoms with Gasteiger partial charge in [-0.05, 0) is 55.8 Å². The molecule has 2 aromatic rings. The van der Waals surface area contributed by atoms with Crippen LogP contribution in [-0.4, -0.2) is 18.8 Å². The van der Waals surface area contributed by atoms with Gasteiger partial charge in [-0.3, -0.25) is 0 Å². The van der Waals surface area contributed by atoms with E-state index in [-0.39, 0.29) is 0 Å². The topological polar surface area (TPSA) is 12.0 Å². The van der Waals surface area contributed by atoms with Crippen LogP contribution in [0.5, 0.6) is 0 Å². The fraction of sp³-hybridized carbons (Fsp3) is 0.294. The van der Waals surface area contributed by atoms with E-state index in [1.165, 1.54) is 16.0 Å². The average molecular weight is 340 g/mol. The largest absolute Gasteiger partial charge is 0.316 e. The first-order chi connectivity index (χ1) is 10.1. The number of thioether (sulfide) groups is 1. The smallest absolute Gasteiger partial charge is 0.0441 e. The molecular formula is C17H19Cl2NS. The minimum Gasteiger partial charge on any atom is -0.316 e. The molecule has 0 fully saturated rings. The summed E-state index contributed by atoms with van der Waals surface area (Å²) in [4.78, 5) is 1.19. The van der Waals surface area contributed by atoms with E-state index >= 15 is 0 Å². The van der Waals surface area contributed by atoms with Crippen LogP contribution in [0, 0.1) is 6.92 Å². The van der Waals surface area contributed by atoms with Gasteiger partial charge in [-0.1, -0.05) is 41.4 Å². The van der Waals surface area contributed by atoms with Crippen molar-refractivity contribution in [1.82, 2.24) is 5.32 Å². The van der Waals surface area contributed by atoms with Crippen molar-refractivity contribution in [2.45, 2.75) is 24.3 Å². The standard InChI is InChI=1S/C17H19Cl2NS/c1-12-6-7-13(17(19)8-12)9-15(20-2)11-21-16-5-3-4-14(18)10-16/h3-8,10,15,20H,9,11H2,1-2H3. The van der Waals surface area contributed by atoms with E-state index in [0.29, 0.717) is 6.04 Å². The molecule has 4 heteroatoms. The van der Waals surface area contributed by atoms with Crippen LogP contribution in [0.2, 0.25) is 10.0 Å². The molecule has 1 nitrogen and oxygen atoms in total. The number of hydrogen-bond acceptors (Lipinski definition) is 2. The molecule has 0 aliphatic heterocycles. The Morgan fingerprint density at radius 1 is 1.14 bits per heavy atom. The quantitative estimate of drug-likeness (QED) is 0.723. The molecule has 0 bridgehead atoms. The fourth-order valence-corrected chi connectivity index (χ4v) is 3.71. The van der Waals surface area contributed by atoms with E-state index in [1.54, 1.807) is 11.8 Å². The zero-order chi connectivity index (χ0) is 15.2. The van der Waals surface area contributed by atoms with Crippen LogP contribution in [0.3, 0.4) is 0 Å². The van der Waals surface area contributed by atoms with Crippen molar-refractivity contribution in [2.75, 3.05) is 12.8 Å². The van der Waals surface area contributed by atoms with Gasteiger partial charge in [0, 0.05) is 26.7 Å². The van der Waals surface area contributed by atoms with Gasteiger partial charge >= 0.3 is 0 Å². The highest BCUT2D eigenvalue weighted by molar-refractivity contribution is 7.99. The van der Waals surface area contributed by atoms with Crippen LogP contribution in [0.25, 0.3) is 0 Å². The van der Waals surface area contributed by atoms with E-state index in [9.17, 15) is 0 Å². The number of benzene rings is 2. The third-order valence-electron chi connectivity index (χ3n) is 3.33. The van der Waals surface area contributed by atoms with Crippen LogP contribution in [0.4, 0.5) is 0 Å². The van der Waals surface area contributed by atoms with Crippen LogP contribution >= 0.6 is 35.0 Å². The Bertz CT molecular complexity index is 601. The lowest BCUT2D eigenvalue weighted by Gasteiger charge is -2.17. The lowest BCUT2D eigenvalue weighted by Crippen LogP contribution is -2.30. The third-order valence-corrected chi connectivity index (χ3v) is 5.07. The van der Waals surface area contributed by atoms with Crippen molar-refractivity contribution in [3.05, 3.63) is 63.6 Å². The van der Waals surface area contributed by atoms with Crippen molar-refractivity contribution >= 4 is 35.0 Å². The molecule has 0 aliphatic rings. The van der Waals surface area contributed by atoms with Crippen molar-refractivity contribution in [1.29, 1.82) is 0 Å². The predicted octanol–water partition coefficient (Wildman–Crippen LogP) is 5.22. The third kappa shape index (κ3) is 5.23. The molecule has 2 rings (SSSR count). The zero-order valence-corrected chi connectivity index (χ0v) is 14.5. The van der Waals surface area contributed by atoms with Crippen molar-refractivity contribution in [2.24, 2.45) is 0 Å². The highest BCUT2D eigenvalue weighted by Crippen LogP contribution is 2.24. The first kappa shape index (κ1) is 16.7. The van der Waals surface area contributed by atoms with E-state index in [4.69, 9.17) is 23.2 Å². The summed E-state index contributed by atoms with van der Waals surface area (Å²) in [5, 5.41) is 4.99. The Hall–Kier alpha value is -0.670. The van der Waals surface area contributed by atoms with Gasteiger partial charge in [0.25, 0.3) is 0 Å². The van der Waals surface area contributed by atoms with Crippen LogP contribution in [-0.2, 0) is 6.42 Å². The maximum Gasteiger partial charge on any atom is 0.0441 e. The summed E-state index contributed by atoms with van der Waals surface area (Å²) >= 11 is 14.1. The Balaban J connectivity index is 1.97. The number of hydrogen-bond donors (Lipinski definition) is 1. The molecule has 0 saturated carbocycles. The minimum atomic E-state index is 0.370. The highest BCUT2D eigenvalue weighted by atomic mass is 35.5. The highest BCUT2D eigenvalue weighted by Gasteiger charge is 2.11. The molecule has 0 aliphatic carbocycles. The second kappa shape index (κ2) is 8.09. The summed E-state index contributed by atoms with van der Waals surface area (Å²) in [5.41, 5.74) is 2.38. The molecule has 21 heavy (non-hydrogen) atoms. The molecule has 112 valence electrons. The average Bonchev–Trinajstić information content (AvgIpc) is 2.45. The molecule has 0 heterocycles. The monoisotopic (exact) mass is 339 g/mol. The lowest BCUT2D eigenvalue weighted by molar-refractivity contribution is 0.617. The van der Waals surface area contributed by atoms with E-state index in [0.717, 1.165) is 22.2 Å². The zero-order valence-electron chi connectivity index (χ0n) is 12.2. The number of halogens is 2. The molecule has 0 radical (unpaired) electrons. The van der Waals surface area contributed by atoms with Gasteiger partial charge in [0.1, 0.15) is 0 Å². The Kier molecular flexibility index (Phi) is 6.43. The van der Waals surface area contributed by atoms with Gasteiger partial charge in [-0.2, -0.15) is 0 Å². The fourth-order valence-electron chi connectivity index (χ4n) is 2.08. The Morgan fingerprint density at radius 2 is 1.95 bits per heavy atom. The molecule has 1 unspecified atom stereocenters. The molecule has 0 saturated heterocycles. The maximum atomic E-state index is 6.32. The van der Waals surface area contributed by atoms with Gasteiger partial charge in [0.05, 0.1) is 0 Å². The summed E-state index contributed by atoms with van der Waals surface area (Å²) in [6.07, 6.45) is 0.920. The predicted molar refractivity (Wildman–Crippen MR) is 94.9 cm³/mol. The van der Waals surface area contributed by atoms with Crippen LogP contribution in [0.15, 0.2) is 47.4 Å². The summed E-state index contributed by atoms with van der Waals surface area (Å²) in [6.45, 7) is 2.06. The van der Waals surface area contributed by atoms with Crippen LogP contribution < -0.4 is 5.32 Å². The van der Waals surface area contributed by atoms with Gasteiger partial charge in [0.15, 0.2) is 0 Å². The SMILES string of the molecule is CNC(CSc1cccc(Cl)c1)Cc1ccc(C)cc1Cl. The van der Waals surface area contributed by atoms with Gasteiger partial charge < -0.3 is 5.32 Å². The molecular weight excluding hydrogens is 321 g/mol. The summed E-state index contributed by atoms with van der Waals surface area (Å²) in [5.74, 6) is 0.973. The minimum absolute atomic E-state index is 0.370. The molecule has 1 atom stereocenters. The van der Waals surface area contributed by atoms with Gasteiger partial charge in [-0.25, -0.2) is 0 Å². The maximum absolute atomic E-state index is 6.32. The van der Waals surface area contributed by atoms with Crippen molar-refractivity contribution < 1.29 is 0 Å². The molecule has 0 aromatic heterocycles. The normalized spacial score (nSPS) is 12.4. The number of rotatable bonds is 6. The van der Waals surface area contributed by atoms with E-state index < -0.39 is 0 Å². The summed E-state index contributed by atoms with van der Waals surface area (Å²) < 4.78 is 0. The van der Waals surface area contributed by atoms with Gasteiger partial charge in [0.2, 0.25) is 0 Å². The van der Waals surface area contributed by atoms with E-state index in [2.05, 4.69) is 30.4 Å². The second-order valence-corrected chi connectivity index (χ2v) is 6.99. The number of nitrogens with one attached hydrogen (secondary N) is 1. The Labute approximate surface area is 141 Å². The lowest BCUT2D eigenvalue weighted by atomic mass is 10.1. The number of likely N-dealkylation sites (N-methyl/N-ethyl adjacent to an activating group) is 1. The molecule has 1 N–H and O–H groups in total. The molecule has 2 aromatic carbocycles.